The number of rotatable bonds is 30. The third-order valence-electron chi connectivity index (χ3n) is 20.9. The summed E-state index contributed by atoms with van der Waals surface area (Å²) in [5.74, 6) is 4.59. The SMILES string of the molecule is CCOC(=O)c1ccc(Nc2nc3nonc3nc2Cc2ccc(Oc3ccncc3)cc2)cc1.CCOC(=O)c1ccc(Nc2nc3nonc3nc2N2CCC(Oc3ccncc3)CC2)cc1.CCOC(=O)c1ccc(Nc2nc3nonc3nc2N2CCC(Sc3ccc(Cl)cc3)CC2)cc1.CCOC(=O)c1ccc(Nc2nc3nonc3nc2Nc2ccc(Sc3ccncc3)cc2)cc1. The molecule has 702 valence electrons. The van der Waals surface area contributed by atoms with Gasteiger partial charge in [0.05, 0.1) is 54.4 Å². The van der Waals surface area contributed by atoms with Crippen LogP contribution in [0, 0.1) is 0 Å². The lowest BCUT2D eigenvalue weighted by Gasteiger charge is -2.33. The highest BCUT2D eigenvalue weighted by atomic mass is 35.5. The number of halogens is 1. The molecule has 2 aliphatic heterocycles. The van der Waals surface area contributed by atoms with Crippen molar-refractivity contribution in [3.05, 3.63) is 282 Å². The van der Waals surface area contributed by atoms with Crippen molar-refractivity contribution in [3.8, 4) is 17.2 Å². The molecule has 0 amide bonds. The molecule has 18 aromatic rings. The van der Waals surface area contributed by atoms with Crippen molar-refractivity contribution in [2.45, 2.75) is 85.8 Å². The molecule has 13 heterocycles. The molecule has 139 heavy (non-hydrogen) atoms. The van der Waals surface area contributed by atoms with Crippen LogP contribution in [0.4, 0.5) is 69.2 Å². The van der Waals surface area contributed by atoms with Gasteiger partial charge in [0.2, 0.25) is 45.2 Å². The Bertz CT molecular complexity index is 6930. The van der Waals surface area contributed by atoms with Crippen molar-refractivity contribution in [2.24, 2.45) is 0 Å². The molecular formula is C96H85ClN26O14S2. The highest BCUT2D eigenvalue weighted by Crippen LogP contribution is 2.38. The van der Waals surface area contributed by atoms with Crippen LogP contribution in [0.25, 0.3) is 45.2 Å². The van der Waals surface area contributed by atoms with Crippen LogP contribution in [-0.4, -0.2) is 184 Å². The molecule has 2 fully saturated rings. The molecule has 0 unspecified atom stereocenters. The quantitative estimate of drug-likeness (QED) is 0.0206. The standard InChI is InChI=1S/C25H20N6O4.C24H23ClN6O3S.C24H19N7O3S.C23H23N7O4/c1-2-33-25(32)17-5-7-18(8-6-17)27-22-21(28-23-24(29-22)31-35-30-23)15-16-3-9-19(10-4-16)34-20-11-13-26-14-12-20;1-2-33-24(32)15-3-7-17(8-4-15)26-22-23(28-21-20(27-22)29-34-30-21)31-13-11-19(12-14-31)35-18-9-5-16(25)6-10-18;1-2-33-24(32)15-3-5-16(6-4-15)26-20-21(29-23-22(28-20)30-34-31-23)27-17-7-9-18(10-8-17)35-19-11-13-25-14-12-19;1-2-32-23(31)15-3-5-16(6-4-15)25-21-22(27-20-19(26-21)28-34-29-20)30-13-9-18(10-14-30)33-17-7-11-24-12-8-17/h3-14H,2,15H2,1H3,(H,27,29,31);3-10,19H,2,11-14H2,1H3,(H,26,27,29);3-14H,2H2,1H3,(H,26,28,30)(H,27,29,31);3-8,11-12,18H,2,9-10,13-14H2,1H3,(H,25,26,28). The molecule has 0 saturated carbocycles. The van der Waals surface area contributed by atoms with Gasteiger partial charge in [-0.15, -0.1) is 11.8 Å². The average Bonchev–Trinajstić information content (AvgIpc) is 1.77. The van der Waals surface area contributed by atoms with Gasteiger partial charge in [0.15, 0.2) is 40.7 Å². The van der Waals surface area contributed by atoms with E-state index in [-0.39, 0.29) is 41.3 Å². The topological polar surface area (TPSA) is 488 Å². The Morgan fingerprint density at radius 1 is 0.345 bits per heavy atom. The van der Waals surface area contributed by atoms with E-state index in [4.69, 9.17) is 58.5 Å². The summed E-state index contributed by atoms with van der Waals surface area (Å²) in [5.41, 5.74) is 9.80. The number of benzene rings is 7. The molecule has 11 aromatic heterocycles. The van der Waals surface area contributed by atoms with Gasteiger partial charge in [0.1, 0.15) is 23.4 Å². The number of esters is 4. The Labute approximate surface area is 804 Å². The lowest BCUT2D eigenvalue weighted by atomic mass is 10.1. The van der Waals surface area contributed by atoms with Crippen LogP contribution in [0.5, 0.6) is 17.2 Å². The number of fused-ring (bicyclic) bond motifs is 4. The second-order valence-corrected chi connectivity index (χ2v) is 33.3. The predicted octanol–water partition coefficient (Wildman–Crippen LogP) is 18.7. The third-order valence-corrected chi connectivity index (χ3v) is 23.5. The van der Waals surface area contributed by atoms with Crippen LogP contribution in [0.2, 0.25) is 5.02 Å². The van der Waals surface area contributed by atoms with Crippen LogP contribution < -0.4 is 45.9 Å². The maximum absolute atomic E-state index is 11.9. The lowest BCUT2D eigenvalue weighted by molar-refractivity contribution is 0.0517. The van der Waals surface area contributed by atoms with E-state index in [1.165, 1.54) is 4.90 Å². The molecule has 40 nitrogen and oxygen atoms in total. The van der Waals surface area contributed by atoms with Crippen molar-refractivity contribution in [1.29, 1.82) is 0 Å². The monoisotopic (exact) mass is 1920 g/mol. The zero-order valence-corrected chi connectivity index (χ0v) is 77.1. The highest BCUT2D eigenvalue weighted by molar-refractivity contribution is 8.00. The molecule has 43 heteroatoms. The van der Waals surface area contributed by atoms with Crippen LogP contribution >= 0.6 is 35.1 Å². The average molecular weight is 1930 g/mol. The van der Waals surface area contributed by atoms with E-state index in [0.29, 0.717) is 158 Å². The van der Waals surface area contributed by atoms with Gasteiger partial charge in [-0.2, -0.15) is 0 Å². The molecule has 0 spiro atoms. The Kier molecular flexibility index (Phi) is 30.9. The summed E-state index contributed by atoms with van der Waals surface area (Å²) in [5, 5.41) is 48.1. The number of ether oxygens (including phenoxy) is 6. The first-order chi connectivity index (χ1) is 68.1. The number of carbonyl (C=O) groups is 4. The second kappa shape index (κ2) is 45.8. The van der Waals surface area contributed by atoms with Crippen LogP contribution in [0.1, 0.15) is 106 Å². The molecule has 0 bridgehead atoms. The van der Waals surface area contributed by atoms with E-state index in [9.17, 15) is 19.2 Å². The fourth-order valence-corrected chi connectivity index (χ4v) is 16.2. The molecule has 0 aliphatic carbocycles. The second-order valence-electron chi connectivity index (χ2n) is 30.4. The number of piperidine rings is 2. The third kappa shape index (κ3) is 25.1. The lowest BCUT2D eigenvalue weighted by Crippen LogP contribution is -2.39. The summed E-state index contributed by atoms with van der Waals surface area (Å²) in [4.78, 5) is 104. The number of carbonyl (C=O) groups excluding carboxylic acids is 4. The number of anilines is 12. The number of aromatic nitrogens is 19. The minimum absolute atomic E-state index is 0.107. The Morgan fingerprint density at radius 2 is 0.662 bits per heavy atom. The molecule has 7 aromatic carbocycles. The maximum Gasteiger partial charge on any atom is 0.338 e. The molecule has 2 aliphatic rings. The number of hydrogen-bond donors (Lipinski definition) is 5. The van der Waals surface area contributed by atoms with Crippen molar-refractivity contribution in [1.82, 2.24) is 96.1 Å². The Hall–Kier alpha value is -17.0. The first-order valence-corrected chi connectivity index (χ1v) is 46.0. The predicted molar refractivity (Wildman–Crippen MR) is 517 cm³/mol. The first-order valence-electron chi connectivity index (χ1n) is 43.9. The van der Waals surface area contributed by atoms with Gasteiger partial charge >= 0.3 is 23.9 Å². The fourth-order valence-electron chi connectivity index (χ4n) is 14.1. The maximum atomic E-state index is 11.9. The van der Waals surface area contributed by atoms with Crippen molar-refractivity contribution < 1.29 is 66.1 Å². The summed E-state index contributed by atoms with van der Waals surface area (Å²) in [7, 11) is 0. The number of pyridine rings is 3. The van der Waals surface area contributed by atoms with Gasteiger partial charge in [-0.1, -0.05) is 35.5 Å². The van der Waals surface area contributed by atoms with Crippen LogP contribution in [-0.2, 0) is 25.4 Å². The molecule has 0 radical (unpaired) electrons. The first kappa shape index (κ1) is 93.8. The van der Waals surface area contributed by atoms with E-state index in [1.54, 1.807) is 186 Å². The fraction of sp³-hybridized carbons (Fsp3) is 0.198. The van der Waals surface area contributed by atoms with E-state index in [1.807, 2.05) is 96.7 Å². The summed E-state index contributed by atoms with van der Waals surface area (Å²) in [6.45, 7) is 11.5. The smallest absolute Gasteiger partial charge is 0.338 e. The van der Waals surface area contributed by atoms with E-state index >= 15 is 0 Å². The number of nitrogens with zero attached hydrogens (tertiary/aromatic N) is 21. The van der Waals surface area contributed by atoms with Crippen LogP contribution in [0.3, 0.4) is 0 Å². The zero-order valence-electron chi connectivity index (χ0n) is 74.7. The van der Waals surface area contributed by atoms with Gasteiger partial charge < -0.3 is 64.8 Å². The number of nitrogens with one attached hydrogen (secondary N) is 5. The van der Waals surface area contributed by atoms with Crippen molar-refractivity contribution in [3.63, 3.8) is 0 Å². The highest BCUT2D eigenvalue weighted by Gasteiger charge is 2.29. The minimum atomic E-state index is -0.373. The van der Waals surface area contributed by atoms with Gasteiger partial charge in [-0.05, 0) is 281 Å². The number of thioether (sulfide) groups is 1. The van der Waals surface area contributed by atoms with Gasteiger partial charge in [-0.25, -0.2) is 77.6 Å². The molecule has 2 saturated heterocycles. The molecular weight excluding hydrogens is 1840 g/mol. The number of hydrogen-bond acceptors (Lipinski definition) is 42. The minimum Gasteiger partial charge on any atom is -0.490 e. The van der Waals surface area contributed by atoms with Gasteiger partial charge in [0, 0.05) is 136 Å². The Balaban J connectivity index is 0.000000128. The van der Waals surface area contributed by atoms with E-state index in [2.05, 4.69) is 145 Å². The normalized spacial score (nSPS) is 12.5. The summed E-state index contributed by atoms with van der Waals surface area (Å²) < 4.78 is 51.3. The summed E-state index contributed by atoms with van der Waals surface area (Å²) in [6.07, 6.45) is 14.6. The van der Waals surface area contributed by atoms with E-state index < -0.39 is 0 Å². The summed E-state index contributed by atoms with van der Waals surface area (Å²) in [6, 6.07) is 62.6. The van der Waals surface area contributed by atoms with Crippen LogP contribution in [0.15, 0.2) is 277 Å². The zero-order chi connectivity index (χ0) is 95.6. The molecule has 20 rings (SSSR count). The Morgan fingerprint density at radius 3 is 1.06 bits per heavy atom. The van der Waals surface area contributed by atoms with Crippen molar-refractivity contribution >= 4 is 173 Å². The molecule has 5 N–H and O–H groups in total. The molecule has 0 atom stereocenters. The largest absolute Gasteiger partial charge is 0.490 e. The van der Waals surface area contributed by atoms with Gasteiger partial charge in [-0.3, -0.25) is 15.0 Å². The summed E-state index contributed by atoms with van der Waals surface area (Å²) >= 11 is 9.53. The van der Waals surface area contributed by atoms with Crippen molar-refractivity contribution in [2.75, 3.05) is 89.0 Å². The van der Waals surface area contributed by atoms with E-state index in [0.717, 1.165) is 101 Å². The van der Waals surface area contributed by atoms with Gasteiger partial charge in [0.25, 0.3) is 0 Å².